The molecule has 2 aromatic heterocycles. The third kappa shape index (κ3) is 26.0. The summed E-state index contributed by atoms with van der Waals surface area (Å²) in [5, 5.41) is 10.2. The van der Waals surface area contributed by atoms with Gasteiger partial charge in [0.25, 0.3) is 10.0 Å². The molecule has 3 aromatic carbocycles. The molecule has 5 rings (SSSR count). The fraction of sp³-hybridized carbons (Fsp3) is 0.509. The first-order valence-electron chi connectivity index (χ1n) is 25.8. The van der Waals surface area contributed by atoms with Gasteiger partial charge in [0, 0.05) is 48.9 Å². The fourth-order valence-corrected chi connectivity index (χ4v) is 8.70. The molecule has 0 aliphatic carbocycles. The number of nitriles is 1. The summed E-state index contributed by atoms with van der Waals surface area (Å²) in [5.41, 5.74) is 5.26. The highest BCUT2D eigenvalue weighted by molar-refractivity contribution is 7.93. The summed E-state index contributed by atoms with van der Waals surface area (Å²) in [6.07, 6.45) is 3.88. The van der Waals surface area contributed by atoms with E-state index in [0.717, 1.165) is 33.8 Å². The number of carbonyl (C=O) groups excluding carboxylic acids is 1. The minimum Gasteiger partial charge on any atom is -0.455 e. The number of hydrogen-bond donors (Lipinski definition) is 1. The molecule has 2 heterocycles. The summed E-state index contributed by atoms with van der Waals surface area (Å²) in [6, 6.07) is 23.8. The quantitative estimate of drug-likeness (QED) is 0.0395. The highest BCUT2D eigenvalue weighted by Gasteiger charge is 2.20. The number of ketones is 1. The second kappa shape index (κ2) is 39.0. The predicted molar refractivity (Wildman–Crippen MR) is 291 cm³/mol. The molecule has 0 saturated heterocycles. The summed E-state index contributed by atoms with van der Waals surface area (Å²) in [4.78, 5) is 21.2. The van der Waals surface area contributed by atoms with E-state index in [0.29, 0.717) is 169 Å². The Morgan fingerprint density at radius 2 is 1.08 bits per heavy atom. The SMILES string of the molecule is COCCOCCOCCOCCOCCOCCOCCOCCOCCOCCOCCOCCC(=O)CCc1cc(-c2cc(-c3cccc(C)c3)ccc2Oc2ccc(S(=O)(=O)Nc3ncns3)cc2C#N)ccn1. The van der Waals surface area contributed by atoms with Gasteiger partial charge in [0.15, 0.2) is 0 Å². The van der Waals surface area contributed by atoms with Gasteiger partial charge in [-0.25, -0.2) is 13.4 Å². The minimum atomic E-state index is -4.05. The highest BCUT2D eigenvalue weighted by atomic mass is 32.2. The topological polar surface area (TPSA) is 246 Å². The van der Waals surface area contributed by atoms with Crippen LogP contribution in [0.2, 0.25) is 0 Å². The number of rotatable bonds is 46. The number of nitrogens with zero attached hydrogens (tertiary/aromatic N) is 4. The average molecular weight is 1120 g/mol. The van der Waals surface area contributed by atoms with Gasteiger partial charge in [-0.3, -0.25) is 14.5 Å². The monoisotopic (exact) mass is 1120 g/mol. The largest absolute Gasteiger partial charge is 0.455 e. The van der Waals surface area contributed by atoms with Crippen molar-refractivity contribution in [3.63, 3.8) is 0 Å². The van der Waals surface area contributed by atoms with Crippen molar-refractivity contribution in [2.24, 2.45) is 0 Å². The molecule has 5 aromatic rings. The van der Waals surface area contributed by atoms with Crippen LogP contribution in [-0.2, 0) is 78.1 Å². The third-order valence-electron chi connectivity index (χ3n) is 11.0. The van der Waals surface area contributed by atoms with E-state index in [-0.39, 0.29) is 46.6 Å². The van der Waals surface area contributed by atoms with Gasteiger partial charge in [0.1, 0.15) is 29.7 Å². The first-order chi connectivity index (χ1) is 38.3. The van der Waals surface area contributed by atoms with E-state index in [1.54, 1.807) is 13.3 Å². The Bertz CT molecular complexity index is 2590. The van der Waals surface area contributed by atoms with E-state index in [1.807, 2.05) is 55.5 Å². The van der Waals surface area contributed by atoms with Gasteiger partial charge < -0.3 is 61.6 Å². The predicted octanol–water partition coefficient (Wildman–Crippen LogP) is 6.76. The van der Waals surface area contributed by atoms with Gasteiger partial charge in [-0.1, -0.05) is 35.9 Å². The van der Waals surface area contributed by atoms with Crippen molar-refractivity contribution < 1.29 is 74.8 Å². The average Bonchev–Trinajstić information content (AvgIpc) is 3.98. The molecule has 23 heteroatoms. The smallest absolute Gasteiger partial charge is 0.263 e. The van der Waals surface area contributed by atoms with Crippen molar-refractivity contribution in [1.82, 2.24) is 14.3 Å². The zero-order valence-corrected chi connectivity index (χ0v) is 46.2. The van der Waals surface area contributed by atoms with Crippen LogP contribution in [0.15, 0.2) is 90.2 Å². The maximum atomic E-state index is 13.1. The Labute approximate surface area is 461 Å². The highest BCUT2D eigenvalue weighted by Crippen LogP contribution is 2.38. The lowest BCUT2D eigenvalue weighted by atomic mass is 9.97. The van der Waals surface area contributed by atoms with Gasteiger partial charge in [-0.05, 0) is 72.5 Å². The molecule has 0 atom stereocenters. The number of aryl methyl sites for hydroxylation is 2. The normalized spacial score (nSPS) is 11.5. The molecular formula is C55H73N5O16S2. The zero-order chi connectivity index (χ0) is 55.1. The van der Waals surface area contributed by atoms with Crippen LogP contribution < -0.4 is 9.46 Å². The molecule has 0 bridgehead atoms. The summed E-state index contributed by atoms with van der Waals surface area (Å²) < 4.78 is 104. The lowest BCUT2D eigenvalue weighted by Gasteiger charge is -2.16. The molecule has 78 heavy (non-hydrogen) atoms. The number of methoxy groups -OCH3 is 1. The lowest BCUT2D eigenvalue weighted by molar-refractivity contribution is -0.120. The van der Waals surface area contributed by atoms with Crippen LogP contribution in [0.1, 0.15) is 29.7 Å². The molecule has 0 saturated carbocycles. The summed E-state index contributed by atoms with van der Waals surface area (Å²) in [7, 11) is -2.41. The number of anilines is 1. The van der Waals surface area contributed by atoms with Crippen molar-refractivity contribution in [1.29, 1.82) is 5.26 Å². The van der Waals surface area contributed by atoms with E-state index in [4.69, 9.17) is 61.6 Å². The Hall–Kier alpha value is -5.40. The van der Waals surface area contributed by atoms with Crippen molar-refractivity contribution in [2.75, 3.05) is 164 Å². The maximum Gasteiger partial charge on any atom is 0.263 e. The number of ether oxygens (including phenoxy) is 13. The Morgan fingerprint density at radius 1 is 0.564 bits per heavy atom. The number of Topliss-reactive ketones (excluding diaryl/α,β-unsaturated/α-hetero) is 1. The van der Waals surface area contributed by atoms with Crippen LogP contribution >= 0.6 is 11.5 Å². The number of sulfonamides is 1. The summed E-state index contributed by atoms with van der Waals surface area (Å²) in [5.74, 6) is 0.644. The molecule has 0 radical (unpaired) electrons. The van der Waals surface area contributed by atoms with Gasteiger partial charge in [-0.2, -0.15) is 9.64 Å². The minimum absolute atomic E-state index is 0.0161. The van der Waals surface area contributed by atoms with Gasteiger partial charge in [-0.15, -0.1) is 0 Å². The standard InChI is InChI=1S/C55H73N5O16S2/c1-44-4-3-5-45(38-44)46-6-10-54(76-53-11-9-51(40-48(53)42-56)78(62,63)60-55-58-43-59-77-55)52(41-46)47-12-14-57-49(39-47)7-8-50(61)13-15-65-18-19-67-22-23-69-26-27-71-30-31-73-34-35-75-37-36-74-33-32-72-29-28-70-25-24-68-21-20-66-17-16-64-2/h3-6,9-12,14,38-41,43H,7-8,13,15-37H2,1-2H3,(H,58,59,60). The van der Waals surface area contributed by atoms with Crippen LogP contribution in [0.3, 0.4) is 0 Å². The van der Waals surface area contributed by atoms with Crippen molar-refractivity contribution in [3.8, 4) is 39.8 Å². The molecule has 21 nitrogen and oxygen atoms in total. The molecule has 0 unspecified atom stereocenters. The molecule has 0 aliphatic heterocycles. The Morgan fingerprint density at radius 3 is 1.58 bits per heavy atom. The van der Waals surface area contributed by atoms with Crippen LogP contribution in [0.4, 0.5) is 5.13 Å². The number of aromatic nitrogens is 3. The first kappa shape index (κ1) is 63.4. The number of carbonyl (C=O) groups is 1. The van der Waals surface area contributed by atoms with Crippen LogP contribution in [0.5, 0.6) is 11.5 Å². The molecule has 0 fully saturated rings. The number of hydrogen-bond acceptors (Lipinski definition) is 21. The molecule has 0 amide bonds. The Balaban J connectivity index is 0.866. The summed E-state index contributed by atoms with van der Waals surface area (Å²) >= 11 is 0.892. The molecule has 426 valence electrons. The molecule has 1 N–H and O–H groups in total. The van der Waals surface area contributed by atoms with Gasteiger partial charge >= 0.3 is 0 Å². The van der Waals surface area contributed by atoms with E-state index in [2.05, 4.69) is 31.2 Å². The summed E-state index contributed by atoms with van der Waals surface area (Å²) in [6.45, 7) is 12.7. The van der Waals surface area contributed by atoms with Crippen LogP contribution in [0, 0.1) is 18.3 Å². The molecule has 0 spiro atoms. The van der Waals surface area contributed by atoms with Crippen LogP contribution in [-0.4, -0.2) is 188 Å². The van der Waals surface area contributed by atoms with E-state index < -0.39 is 10.0 Å². The first-order valence-corrected chi connectivity index (χ1v) is 28.0. The van der Waals surface area contributed by atoms with Crippen molar-refractivity contribution in [3.05, 3.63) is 102 Å². The van der Waals surface area contributed by atoms with Crippen LogP contribution in [0.25, 0.3) is 22.3 Å². The van der Waals surface area contributed by atoms with Gasteiger partial charge in [0.2, 0.25) is 5.13 Å². The zero-order valence-electron chi connectivity index (χ0n) is 44.6. The maximum absolute atomic E-state index is 13.1. The van der Waals surface area contributed by atoms with Crippen molar-refractivity contribution in [2.45, 2.75) is 31.1 Å². The number of benzene rings is 3. The second-order valence-electron chi connectivity index (χ2n) is 16.9. The Kier molecular flexibility index (Phi) is 31.8. The lowest BCUT2D eigenvalue weighted by Crippen LogP contribution is -2.15. The molecular weight excluding hydrogens is 1050 g/mol. The van der Waals surface area contributed by atoms with Crippen molar-refractivity contribution >= 4 is 32.5 Å². The number of nitrogens with one attached hydrogen (secondary N) is 1. The van der Waals surface area contributed by atoms with Gasteiger partial charge in [0.05, 0.1) is 162 Å². The number of pyridine rings is 1. The fourth-order valence-electron chi connectivity index (χ4n) is 7.02. The van der Waals surface area contributed by atoms with E-state index in [9.17, 15) is 18.5 Å². The molecule has 0 aliphatic rings. The van der Waals surface area contributed by atoms with E-state index in [1.165, 1.54) is 24.5 Å². The second-order valence-corrected chi connectivity index (χ2v) is 19.3. The van der Waals surface area contributed by atoms with E-state index >= 15 is 0 Å². The third-order valence-corrected chi connectivity index (χ3v) is 13.0.